The number of hydrogen-bond donors (Lipinski definition) is 0. The molecular formula is C16H9ClN4OS. The van der Waals surface area contributed by atoms with Crippen molar-refractivity contribution in [2.75, 3.05) is 0 Å². The van der Waals surface area contributed by atoms with Gasteiger partial charge in [0.25, 0.3) is 5.22 Å². The maximum absolute atomic E-state index is 6.01. The lowest BCUT2D eigenvalue weighted by atomic mass is 10.2. The number of aromatic nitrogens is 4. The van der Waals surface area contributed by atoms with Gasteiger partial charge < -0.3 is 4.42 Å². The maximum atomic E-state index is 6.01. The smallest absolute Gasteiger partial charge is 0.281 e. The van der Waals surface area contributed by atoms with Crippen molar-refractivity contribution in [3.8, 4) is 11.5 Å². The number of hydrogen-bond acceptors (Lipinski definition) is 6. The quantitative estimate of drug-likeness (QED) is 0.547. The van der Waals surface area contributed by atoms with Crippen molar-refractivity contribution in [3.63, 3.8) is 0 Å². The van der Waals surface area contributed by atoms with E-state index < -0.39 is 0 Å². The van der Waals surface area contributed by atoms with Gasteiger partial charge in [0.1, 0.15) is 0 Å². The average Bonchev–Trinajstić information content (AvgIpc) is 3.04. The predicted molar refractivity (Wildman–Crippen MR) is 88.4 cm³/mol. The first-order chi connectivity index (χ1) is 11.3. The van der Waals surface area contributed by atoms with Crippen molar-refractivity contribution < 1.29 is 4.42 Å². The minimum atomic E-state index is 0.446. The van der Waals surface area contributed by atoms with Crippen LogP contribution in [0.4, 0.5) is 0 Å². The Labute approximate surface area is 140 Å². The molecule has 0 saturated heterocycles. The van der Waals surface area contributed by atoms with Gasteiger partial charge in [0, 0.05) is 33.9 Å². The van der Waals surface area contributed by atoms with Gasteiger partial charge in [-0.1, -0.05) is 17.7 Å². The average molecular weight is 341 g/mol. The Balaban J connectivity index is 1.68. The van der Waals surface area contributed by atoms with Gasteiger partial charge in [0.15, 0.2) is 0 Å². The Morgan fingerprint density at radius 3 is 2.87 bits per heavy atom. The van der Waals surface area contributed by atoms with Gasteiger partial charge in [0.2, 0.25) is 5.89 Å². The van der Waals surface area contributed by atoms with Crippen molar-refractivity contribution in [3.05, 3.63) is 60.0 Å². The number of benzene rings is 1. The Kier molecular flexibility index (Phi) is 3.69. The Morgan fingerprint density at radius 2 is 2.00 bits per heavy atom. The van der Waals surface area contributed by atoms with Gasteiger partial charge in [-0.2, -0.15) is 0 Å². The molecule has 0 saturated carbocycles. The highest BCUT2D eigenvalue weighted by Crippen LogP contribution is 2.33. The van der Waals surface area contributed by atoms with Gasteiger partial charge >= 0.3 is 0 Å². The van der Waals surface area contributed by atoms with Crippen molar-refractivity contribution >= 4 is 34.3 Å². The normalized spacial score (nSPS) is 11.0. The van der Waals surface area contributed by atoms with Crippen LogP contribution in [0.15, 0.2) is 69.5 Å². The lowest BCUT2D eigenvalue weighted by molar-refractivity contribution is 0.466. The molecule has 0 spiro atoms. The summed E-state index contributed by atoms with van der Waals surface area (Å²) in [5.74, 6) is 0.446. The molecule has 0 bridgehead atoms. The van der Waals surface area contributed by atoms with E-state index in [9.17, 15) is 0 Å². The monoisotopic (exact) mass is 340 g/mol. The molecule has 0 unspecified atom stereocenters. The summed E-state index contributed by atoms with van der Waals surface area (Å²) in [6.07, 6.45) is 5.12. The van der Waals surface area contributed by atoms with Crippen LogP contribution in [0.3, 0.4) is 0 Å². The van der Waals surface area contributed by atoms with Crippen LogP contribution in [0.5, 0.6) is 0 Å². The third kappa shape index (κ3) is 2.91. The first-order valence-electron chi connectivity index (χ1n) is 6.75. The van der Waals surface area contributed by atoms with Crippen LogP contribution in [-0.4, -0.2) is 20.2 Å². The fourth-order valence-corrected chi connectivity index (χ4v) is 3.10. The molecule has 3 aromatic heterocycles. The number of pyridine rings is 2. The Bertz CT molecular complexity index is 974. The van der Waals surface area contributed by atoms with E-state index in [2.05, 4.69) is 20.2 Å². The van der Waals surface area contributed by atoms with Crippen molar-refractivity contribution in [2.24, 2.45) is 0 Å². The van der Waals surface area contributed by atoms with E-state index >= 15 is 0 Å². The summed E-state index contributed by atoms with van der Waals surface area (Å²) in [6, 6.07) is 11.2. The van der Waals surface area contributed by atoms with Crippen LogP contribution in [0.2, 0.25) is 5.02 Å². The van der Waals surface area contributed by atoms with Crippen LogP contribution in [0.25, 0.3) is 22.4 Å². The van der Waals surface area contributed by atoms with Gasteiger partial charge in [-0.3, -0.25) is 9.97 Å². The lowest BCUT2D eigenvalue weighted by Gasteiger charge is -2.03. The topological polar surface area (TPSA) is 64.7 Å². The summed E-state index contributed by atoms with van der Waals surface area (Å²) in [5.41, 5.74) is 1.62. The Hall–Kier alpha value is -2.44. The van der Waals surface area contributed by atoms with Crippen LogP contribution < -0.4 is 0 Å². The van der Waals surface area contributed by atoms with Crippen molar-refractivity contribution in [2.45, 2.75) is 10.1 Å². The molecule has 0 N–H and O–H groups in total. The van der Waals surface area contributed by atoms with Gasteiger partial charge in [-0.05, 0) is 42.1 Å². The van der Waals surface area contributed by atoms with Crippen LogP contribution in [-0.2, 0) is 0 Å². The van der Waals surface area contributed by atoms with Crippen molar-refractivity contribution in [1.29, 1.82) is 0 Å². The zero-order chi connectivity index (χ0) is 15.6. The van der Waals surface area contributed by atoms with Gasteiger partial charge in [-0.15, -0.1) is 10.2 Å². The summed E-state index contributed by atoms with van der Waals surface area (Å²) < 4.78 is 5.70. The summed E-state index contributed by atoms with van der Waals surface area (Å²) in [5, 5.41) is 10.3. The highest BCUT2D eigenvalue weighted by molar-refractivity contribution is 7.99. The number of fused-ring (bicyclic) bond motifs is 1. The van der Waals surface area contributed by atoms with E-state index in [1.807, 2.05) is 36.4 Å². The van der Waals surface area contributed by atoms with E-state index in [0.29, 0.717) is 16.1 Å². The number of rotatable bonds is 3. The van der Waals surface area contributed by atoms with Gasteiger partial charge in [0.05, 0.1) is 11.1 Å². The lowest BCUT2D eigenvalue weighted by Crippen LogP contribution is -1.82. The van der Waals surface area contributed by atoms with Crippen molar-refractivity contribution in [1.82, 2.24) is 20.2 Å². The third-order valence-electron chi connectivity index (χ3n) is 3.18. The maximum Gasteiger partial charge on any atom is 0.281 e. The molecule has 7 heteroatoms. The molecule has 4 aromatic rings. The molecule has 0 aliphatic carbocycles. The molecule has 3 heterocycles. The summed E-state index contributed by atoms with van der Waals surface area (Å²) in [7, 11) is 0. The summed E-state index contributed by atoms with van der Waals surface area (Å²) in [4.78, 5) is 9.35. The molecule has 4 rings (SSSR count). The molecule has 0 atom stereocenters. The third-order valence-corrected chi connectivity index (χ3v) is 4.33. The zero-order valence-corrected chi connectivity index (χ0v) is 13.3. The molecule has 0 aliphatic rings. The molecule has 1 aromatic carbocycles. The minimum Gasteiger partial charge on any atom is -0.411 e. The predicted octanol–water partition coefficient (Wildman–Crippen LogP) is 4.48. The second-order valence-corrected chi connectivity index (χ2v) is 6.12. The first kappa shape index (κ1) is 14.2. The van der Waals surface area contributed by atoms with Crippen LogP contribution in [0.1, 0.15) is 0 Å². The molecule has 0 aliphatic heterocycles. The molecule has 0 fully saturated rings. The molecule has 112 valence electrons. The highest BCUT2D eigenvalue weighted by atomic mass is 35.5. The molecular weight excluding hydrogens is 332 g/mol. The molecule has 5 nitrogen and oxygen atoms in total. The van der Waals surface area contributed by atoms with E-state index in [1.165, 1.54) is 11.8 Å². The summed E-state index contributed by atoms with van der Waals surface area (Å²) in [6.45, 7) is 0. The fraction of sp³-hybridized carbons (Fsp3) is 0. The van der Waals surface area contributed by atoms with Crippen LogP contribution in [0, 0.1) is 0 Å². The van der Waals surface area contributed by atoms with E-state index in [0.717, 1.165) is 21.4 Å². The number of nitrogens with zero attached hydrogens (tertiary/aromatic N) is 4. The van der Waals surface area contributed by atoms with E-state index in [4.69, 9.17) is 16.0 Å². The standard InChI is InChI=1S/C16H9ClN4OS/c17-11-3-4-12-13(8-11)19-7-5-14(12)23-16-21-20-15(22-16)10-2-1-6-18-9-10/h1-9H. The second kappa shape index (κ2) is 5.98. The van der Waals surface area contributed by atoms with Crippen LogP contribution >= 0.6 is 23.4 Å². The van der Waals surface area contributed by atoms with E-state index in [-0.39, 0.29) is 0 Å². The molecule has 23 heavy (non-hydrogen) atoms. The Morgan fingerprint density at radius 1 is 1.04 bits per heavy atom. The first-order valence-corrected chi connectivity index (χ1v) is 7.95. The molecule has 0 amide bonds. The fourth-order valence-electron chi connectivity index (χ4n) is 2.14. The second-order valence-electron chi connectivity index (χ2n) is 4.69. The van der Waals surface area contributed by atoms with Gasteiger partial charge in [-0.25, -0.2) is 0 Å². The SMILES string of the molecule is Clc1ccc2c(Sc3nnc(-c4cccnc4)o3)ccnc2c1. The van der Waals surface area contributed by atoms with E-state index in [1.54, 1.807) is 18.6 Å². The summed E-state index contributed by atoms with van der Waals surface area (Å²) >= 11 is 7.40. The highest BCUT2D eigenvalue weighted by Gasteiger charge is 2.12. The zero-order valence-electron chi connectivity index (χ0n) is 11.7. The largest absolute Gasteiger partial charge is 0.411 e. The minimum absolute atomic E-state index is 0.446. The molecule has 0 radical (unpaired) electrons. The number of halogens is 1.